The number of rotatable bonds is 3. The lowest BCUT2D eigenvalue weighted by molar-refractivity contribution is 0.387. The molecule has 0 atom stereocenters. The highest BCUT2D eigenvalue weighted by atomic mass is 15.1. The first-order chi connectivity index (χ1) is 7.16. The van der Waals surface area contributed by atoms with E-state index in [2.05, 4.69) is 60.9 Å². The van der Waals surface area contributed by atoms with Crippen molar-refractivity contribution in [1.82, 2.24) is 9.47 Å². The fourth-order valence-corrected chi connectivity index (χ4v) is 1.82. The van der Waals surface area contributed by atoms with E-state index in [1.807, 2.05) is 0 Å². The summed E-state index contributed by atoms with van der Waals surface area (Å²) in [5.41, 5.74) is 2.66. The molecule has 0 aliphatic carbocycles. The molecular weight excluding hydrogens is 184 g/mol. The van der Waals surface area contributed by atoms with E-state index in [1.54, 1.807) is 0 Å². The first kappa shape index (κ1) is 10.2. The minimum absolute atomic E-state index is 1.06. The molecule has 0 saturated carbocycles. The van der Waals surface area contributed by atoms with Gasteiger partial charge in [0.15, 0.2) is 0 Å². The van der Waals surface area contributed by atoms with Gasteiger partial charge in [0, 0.05) is 24.8 Å². The maximum atomic E-state index is 2.31. The largest absolute Gasteiger partial charge is 0.346 e. The molecule has 0 amide bonds. The molecular formula is C13H18N2. The molecule has 0 saturated heterocycles. The quantitative estimate of drug-likeness (QED) is 0.742. The highest BCUT2D eigenvalue weighted by molar-refractivity contribution is 5.80. The monoisotopic (exact) mass is 202 g/mol. The van der Waals surface area contributed by atoms with Gasteiger partial charge in [-0.2, -0.15) is 0 Å². The standard InChI is InChI=1S/C13H18N2/c1-11-4-5-13-12(10-11)6-7-15(13)9-8-14(2)3/h4-7,10H,8-9H2,1-3H3. The summed E-state index contributed by atoms with van der Waals surface area (Å²) in [5, 5.41) is 1.34. The Kier molecular flexibility index (Phi) is 2.78. The Labute approximate surface area is 91.1 Å². The van der Waals surface area contributed by atoms with Crippen LogP contribution in [0.4, 0.5) is 0 Å². The molecule has 2 rings (SSSR count). The number of benzene rings is 1. The van der Waals surface area contributed by atoms with E-state index < -0.39 is 0 Å². The van der Waals surface area contributed by atoms with Gasteiger partial charge in [-0.15, -0.1) is 0 Å². The van der Waals surface area contributed by atoms with Gasteiger partial charge in [0.25, 0.3) is 0 Å². The van der Waals surface area contributed by atoms with Crippen LogP contribution in [0.3, 0.4) is 0 Å². The van der Waals surface area contributed by atoms with E-state index in [0.29, 0.717) is 0 Å². The first-order valence-electron chi connectivity index (χ1n) is 5.37. The second-order valence-electron chi connectivity index (χ2n) is 4.37. The van der Waals surface area contributed by atoms with Crippen LogP contribution in [0.2, 0.25) is 0 Å². The van der Waals surface area contributed by atoms with Gasteiger partial charge in [-0.1, -0.05) is 11.6 Å². The van der Waals surface area contributed by atoms with Gasteiger partial charge in [0.2, 0.25) is 0 Å². The Bertz CT molecular complexity index is 455. The molecule has 1 aromatic heterocycles. The summed E-state index contributed by atoms with van der Waals surface area (Å²) in [5.74, 6) is 0. The minimum Gasteiger partial charge on any atom is -0.346 e. The van der Waals surface area contributed by atoms with Gasteiger partial charge in [-0.3, -0.25) is 0 Å². The van der Waals surface area contributed by atoms with Crippen LogP contribution in [0.15, 0.2) is 30.5 Å². The van der Waals surface area contributed by atoms with Gasteiger partial charge >= 0.3 is 0 Å². The zero-order valence-electron chi connectivity index (χ0n) is 9.70. The van der Waals surface area contributed by atoms with Crippen molar-refractivity contribution in [2.24, 2.45) is 0 Å². The number of fused-ring (bicyclic) bond motifs is 1. The zero-order valence-corrected chi connectivity index (χ0v) is 9.70. The van der Waals surface area contributed by atoms with Gasteiger partial charge in [-0.05, 0) is 44.6 Å². The normalized spacial score (nSPS) is 11.5. The number of hydrogen-bond acceptors (Lipinski definition) is 1. The summed E-state index contributed by atoms with van der Waals surface area (Å²) in [4.78, 5) is 2.21. The second-order valence-corrected chi connectivity index (χ2v) is 4.37. The lowest BCUT2D eigenvalue weighted by atomic mass is 10.2. The molecule has 0 aliphatic heterocycles. The van der Waals surface area contributed by atoms with Crippen LogP contribution in [-0.2, 0) is 6.54 Å². The van der Waals surface area contributed by atoms with E-state index >= 15 is 0 Å². The van der Waals surface area contributed by atoms with Crippen molar-refractivity contribution in [1.29, 1.82) is 0 Å². The Balaban J connectivity index is 2.29. The van der Waals surface area contributed by atoms with Crippen LogP contribution in [-0.4, -0.2) is 30.1 Å². The summed E-state index contributed by atoms with van der Waals surface area (Å²) in [7, 11) is 4.21. The van der Waals surface area contributed by atoms with Crippen molar-refractivity contribution in [2.75, 3.05) is 20.6 Å². The number of nitrogens with zero attached hydrogens (tertiary/aromatic N) is 2. The summed E-state index contributed by atoms with van der Waals surface area (Å²) in [6.45, 7) is 4.27. The molecule has 0 spiro atoms. The third-order valence-corrected chi connectivity index (χ3v) is 2.71. The predicted molar refractivity (Wildman–Crippen MR) is 65.2 cm³/mol. The summed E-state index contributed by atoms with van der Waals surface area (Å²) in [6.07, 6.45) is 2.17. The molecule has 15 heavy (non-hydrogen) atoms. The fraction of sp³-hybridized carbons (Fsp3) is 0.385. The number of hydrogen-bond donors (Lipinski definition) is 0. The van der Waals surface area contributed by atoms with Crippen LogP contribution >= 0.6 is 0 Å². The molecule has 2 heteroatoms. The highest BCUT2D eigenvalue weighted by Crippen LogP contribution is 2.17. The average Bonchev–Trinajstić information content (AvgIpc) is 2.57. The Hall–Kier alpha value is -1.28. The van der Waals surface area contributed by atoms with E-state index in [4.69, 9.17) is 0 Å². The van der Waals surface area contributed by atoms with Gasteiger partial charge in [0.1, 0.15) is 0 Å². The summed E-state index contributed by atoms with van der Waals surface area (Å²) >= 11 is 0. The molecule has 2 nitrogen and oxygen atoms in total. The molecule has 0 aliphatic rings. The second kappa shape index (κ2) is 4.07. The Morgan fingerprint density at radius 2 is 2.00 bits per heavy atom. The molecule has 0 bridgehead atoms. The first-order valence-corrected chi connectivity index (χ1v) is 5.37. The smallest absolute Gasteiger partial charge is 0.0480 e. The lowest BCUT2D eigenvalue weighted by Crippen LogP contribution is -2.17. The Morgan fingerprint density at radius 1 is 1.20 bits per heavy atom. The zero-order chi connectivity index (χ0) is 10.8. The van der Waals surface area contributed by atoms with Gasteiger partial charge in [0.05, 0.1) is 0 Å². The van der Waals surface area contributed by atoms with E-state index in [0.717, 1.165) is 13.1 Å². The topological polar surface area (TPSA) is 8.17 Å². The van der Waals surface area contributed by atoms with Crippen molar-refractivity contribution in [3.05, 3.63) is 36.0 Å². The SMILES string of the molecule is Cc1ccc2c(ccn2CCN(C)C)c1. The molecule has 80 valence electrons. The number of likely N-dealkylation sites (N-methyl/N-ethyl adjacent to an activating group) is 1. The molecule has 0 radical (unpaired) electrons. The maximum absolute atomic E-state index is 2.31. The molecule has 0 unspecified atom stereocenters. The molecule has 1 aromatic carbocycles. The number of aryl methyl sites for hydroxylation is 1. The van der Waals surface area contributed by atoms with Crippen LogP contribution in [0.25, 0.3) is 10.9 Å². The predicted octanol–water partition coefficient (Wildman–Crippen LogP) is 2.51. The number of aromatic nitrogens is 1. The molecule has 0 fully saturated rings. The maximum Gasteiger partial charge on any atom is 0.0480 e. The summed E-state index contributed by atoms with van der Waals surface area (Å²) in [6, 6.07) is 8.81. The van der Waals surface area contributed by atoms with Crippen LogP contribution in [0.5, 0.6) is 0 Å². The average molecular weight is 202 g/mol. The molecule has 0 N–H and O–H groups in total. The summed E-state index contributed by atoms with van der Waals surface area (Å²) < 4.78 is 2.31. The molecule has 2 aromatic rings. The van der Waals surface area contributed by atoms with Crippen molar-refractivity contribution in [3.8, 4) is 0 Å². The van der Waals surface area contributed by atoms with Crippen molar-refractivity contribution in [3.63, 3.8) is 0 Å². The van der Waals surface area contributed by atoms with Crippen molar-refractivity contribution < 1.29 is 0 Å². The minimum atomic E-state index is 1.06. The third-order valence-electron chi connectivity index (χ3n) is 2.71. The molecule has 1 heterocycles. The fourth-order valence-electron chi connectivity index (χ4n) is 1.82. The van der Waals surface area contributed by atoms with E-state index in [9.17, 15) is 0 Å². The van der Waals surface area contributed by atoms with Crippen molar-refractivity contribution >= 4 is 10.9 Å². The van der Waals surface area contributed by atoms with Gasteiger partial charge in [-0.25, -0.2) is 0 Å². The van der Waals surface area contributed by atoms with Crippen LogP contribution in [0.1, 0.15) is 5.56 Å². The third kappa shape index (κ3) is 2.21. The van der Waals surface area contributed by atoms with Crippen LogP contribution in [0, 0.1) is 6.92 Å². The highest BCUT2D eigenvalue weighted by Gasteiger charge is 2.00. The van der Waals surface area contributed by atoms with Crippen LogP contribution < -0.4 is 0 Å². The van der Waals surface area contributed by atoms with E-state index in [-0.39, 0.29) is 0 Å². The van der Waals surface area contributed by atoms with E-state index in [1.165, 1.54) is 16.5 Å². The van der Waals surface area contributed by atoms with Gasteiger partial charge < -0.3 is 9.47 Å². The lowest BCUT2D eigenvalue weighted by Gasteiger charge is -2.11. The van der Waals surface area contributed by atoms with Crippen molar-refractivity contribution in [2.45, 2.75) is 13.5 Å². The Morgan fingerprint density at radius 3 is 2.73 bits per heavy atom.